The molecule has 7 heteroatoms. The van der Waals surface area contributed by atoms with E-state index in [0.29, 0.717) is 29.4 Å². The number of amides is 1. The monoisotopic (exact) mass is 353 g/mol. The molecule has 134 valence electrons. The molecular weight excluding hydrogens is 334 g/mol. The van der Waals surface area contributed by atoms with Gasteiger partial charge in [0.1, 0.15) is 0 Å². The first-order valence-corrected chi connectivity index (χ1v) is 7.92. The van der Waals surface area contributed by atoms with Gasteiger partial charge in [-0.15, -0.1) is 0 Å². The van der Waals surface area contributed by atoms with E-state index in [-0.39, 0.29) is 12.5 Å². The highest BCUT2D eigenvalue weighted by Gasteiger charge is 2.05. The van der Waals surface area contributed by atoms with Gasteiger partial charge in [0.2, 0.25) is 0 Å². The third kappa shape index (κ3) is 5.53. The average Bonchev–Trinajstić information content (AvgIpc) is 2.67. The minimum absolute atomic E-state index is 0.231. The number of hydrogen-bond donors (Lipinski definition) is 1. The summed E-state index contributed by atoms with van der Waals surface area (Å²) in [4.78, 5) is 16.8. The van der Waals surface area contributed by atoms with Gasteiger partial charge in [0.15, 0.2) is 18.1 Å². The second kappa shape index (κ2) is 9.69. The summed E-state index contributed by atoms with van der Waals surface area (Å²) in [5.74, 6) is 0.889. The fourth-order valence-electron chi connectivity index (χ4n) is 2.06. The van der Waals surface area contributed by atoms with Crippen molar-refractivity contribution in [1.29, 1.82) is 5.26 Å². The molecule has 0 unspecified atom stereocenters. The van der Waals surface area contributed by atoms with Crippen molar-refractivity contribution in [2.45, 2.75) is 6.92 Å². The number of nitriles is 1. The molecule has 0 spiro atoms. The van der Waals surface area contributed by atoms with E-state index in [1.54, 1.807) is 49.6 Å². The van der Waals surface area contributed by atoms with Gasteiger partial charge in [-0.25, -0.2) is 0 Å². The van der Waals surface area contributed by atoms with Gasteiger partial charge in [0.25, 0.3) is 5.91 Å². The van der Waals surface area contributed by atoms with E-state index in [2.05, 4.69) is 10.5 Å². The van der Waals surface area contributed by atoms with Crippen LogP contribution in [0.2, 0.25) is 0 Å². The summed E-state index contributed by atoms with van der Waals surface area (Å²) in [6, 6.07) is 13.9. The Kier molecular flexibility index (Phi) is 7.01. The first-order chi connectivity index (χ1) is 12.7. The summed E-state index contributed by atoms with van der Waals surface area (Å²) in [6.45, 7) is 2.21. The number of carbonyl (C=O) groups excluding carboxylic acids is 1. The van der Waals surface area contributed by atoms with Crippen molar-refractivity contribution in [3.8, 4) is 17.6 Å². The third-order valence-corrected chi connectivity index (χ3v) is 3.26. The number of hydrogen-bond acceptors (Lipinski definition) is 6. The molecular formula is C19H19N3O4. The lowest BCUT2D eigenvalue weighted by Gasteiger charge is -2.09. The Labute approximate surface area is 151 Å². The van der Waals surface area contributed by atoms with Crippen molar-refractivity contribution in [2.75, 3.05) is 25.6 Å². The highest BCUT2D eigenvalue weighted by molar-refractivity contribution is 5.91. The van der Waals surface area contributed by atoms with Crippen molar-refractivity contribution in [3.63, 3.8) is 0 Å². The Morgan fingerprint density at radius 3 is 2.65 bits per heavy atom. The van der Waals surface area contributed by atoms with E-state index in [4.69, 9.17) is 19.6 Å². The maximum absolute atomic E-state index is 11.8. The zero-order valence-electron chi connectivity index (χ0n) is 14.6. The van der Waals surface area contributed by atoms with Crippen LogP contribution in [0.5, 0.6) is 11.5 Å². The van der Waals surface area contributed by atoms with E-state index in [9.17, 15) is 4.79 Å². The smallest absolute Gasteiger partial charge is 0.265 e. The minimum atomic E-state index is -0.351. The summed E-state index contributed by atoms with van der Waals surface area (Å²) in [7, 11) is 1.56. The van der Waals surface area contributed by atoms with Gasteiger partial charge in [-0.1, -0.05) is 5.16 Å². The molecule has 2 aromatic rings. The van der Waals surface area contributed by atoms with E-state index in [0.717, 1.165) is 5.56 Å². The van der Waals surface area contributed by atoms with Crippen LogP contribution in [0, 0.1) is 11.3 Å². The average molecular weight is 353 g/mol. The second-order valence-corrected chi connectivity index (χ2v) is 5.09. The van der Waals surface area contributed by atoms with Crippen molar-refractivity contribution >= 4 is 17.8 Å². The molecule has 0 aliphatic heterocycles. The van der Waals surface area contributed by atoms with Crippen LogP contribution in [0.3, 0.4) is 0 Å². The number of nitrogens with one attached hydrogen (secondary N) is 1. The van der Waals surface area contributed by atoms with Gasteiger partial charge in [0, 0.05) is 11.3 Å². The lowest BCUT2D eigenvalue weighted by Crippen LogP contribution is -2.16. The van der Waals surface area contributed by atoms with Crippen LogP contribution < -0.4 is 14.8 Å². The van der Waals surface area contributed by atoms with Crippen LogP contribution in [0.1, 0.15) is 18.1 Å². The maximum atomic E-state index is 11.8. The summed E-state index contributed by atoms with van der Waals surface area (Å²) >= 11 is 0. The van der Waals surface area contributed by atoms with E-state index < -0.39 is 0 Å². The number of anilines is 1. The van der Waals surface area contributed by atoms with E-state index in [1.807, 2.05) is 13.0 Å². The number of nitrogens with zero attached hydrogens (tertiary/aromatic N) is 2. The summed E-state index contributed by atoms with van der Waals surface area (Å²) < 4.78 is 10.7. The second-order valence-electron chi connectivity index (χ2n) is 5.09. The van der Waals surface area contributed by atoms with E-state index >= 15 is 0 Å². The molecule has 0 saturated carbocycles. The molecule has 0 atom stereocenters. The van der Waals surface area contributed by atoms with Crippen LogP contribution in [0.15, 0.2) is 47.6 Å². The van der Waals surface area contributed by atoms with Gasteiger partial charge in [0.05, 0.1) is 31.6 Å². The first-order valence-electron chi connectivity index (χ1n) is 7.92. The predicted octanol–water partition coefficient (Wildman–Crippen LogP) is 2.95. The Balaban J connectivity index is 1.84. The van der Waals surface area contributed by atoms with Crippen molar-refractivity contribution < 1.29 is 19.1 Å². The van der Waals surface area contributed by atoms with Gasteiger partial charge in [-0.3, -0.25) is 4.79 Å². The van der Waals surface area contributed by atoms with Gasteiger partial charge >= 0.3 is 0 Å². The van der Waals surface area contributed by atoms with Crippen LogP contribution in [-0.2, 0) is 9.63 Å². The number of ether oxygens (including phenoxy) is 2. The number of benzene rings is 2. The number of carbonyl (C=O) groups is 1. The molecule has 2 aromatic carbocycles. The molecule has 7 nitrogen and oxygen atoms in total. The molecule has 1 amide bonds. The molecule has 26 heavy (non-hydrogen) atoms. The summed E-state index contributed by atoms with van der Waals surface area (Å²) in [5.41, 5.74) is 1.85. The first kappa shape index (κ1) is 18.8. The molecule has 0 saturated heterocycles. The predicted molar refractivity (Wildman–Crippen MR) is 97.5 cm³/mol. The Morgan fingerprint density at radius 1 is 1.23 bits per heavy atom. The van der Waals surface area contributed by atoms with Crippen molar-refractivity contribution in [1.82, 2.24) is 0 Å². The largest absolute Gasteiger partial charge is 0.493 e. The third-order valence-electron chi connectivity index (χ3n) is 3.26. The molecule has 0 aliphatic carbocycles. The molecule has 0 bridgehead atoms. The minimum Gasteiger partial charge on any atom is -0.493 e. The molecule has 2 rings (SSSR count). The van der Waals surface area contributed by atoms with Crippen LogP contribution >= 0.6 is 0 Å². The van der Waals surface area contributed by atoms with Crippen LogP contribution in [0.4, 0.5) is 5.69 Å². The quantitative estimate of drug-likeness (QED) is 0.582. The molecule has 0 aromatic heterocycles. The summed E-state index contributed by atoms with van der Waals surface area (Å²) in [6.07, 6.45) is 1.48. The molecule has 0 aliphatic rings. The maximum Gasteiger partial charge on any atom is 0.265 e. The fourth-order valence-corrected chi connectivity index (χ4v) is 2.06. The highest BCUT2D eigenvalue weighted by Crippen LogP contribution is 2.27. The molecule has 0 heterocycles. The lowest BCUT2D eigenvalue weighted by molar-refractivity contribution is -0.120. The number of methoxy groups -OCH3 is 1. The topological polar surface area (TPSA) is 92.9 Å². The van der Waals surface area contributed by atoms with Crippen molar-refractivity contribution in [3.05, 3.63) is 53.6 Å². The van der Waals surface area contributed by atoms with E-state index in [1.165, 1.54) is 6.21 Å². The highest BCUT2D eigenvalue weighted by atomic mass is 16.6. The molecule has 0 radical (unpaired) electrons. The van der Waals surface area contributed by atoms with Crippen LogP contribution in [-0.4, -0.2) is 32.4 Å². The fraction of sp³-hybridized carbons (Fsp3) is 0.211. The Hall–Kier alpha value is -3.53. The SMILES string of the molecule is CCOc1ccc(/C=N/OCC(=O)Nc2ccc(C#N)cc2)cc1OC. The van der Waals surface area contributed by atoms with Gasteiger partial charge in [-0.05, 0) is 49.4 Å². The molecule has 0 fully saturated rings. The summed E-state index contributed by atoms with van der Waals surface area (Å²) in [5, 5.41) is 15.2. The van der Waals surface area contributed by atoms with Gasteiger partial charge in [-0.2, -0.15) is 5.26 Å². The lowest BCUT2D eigenvalue weighted by atomic mass is 10.2. The van der Waals surface area contributed by atoms with Crippen molar-refractivity contribution in [2.24, 2.45) is 5.16 Å². The Morgan fingerprint density at radius 2 is 2.00 bits per heavy atom. The van der Waals surface area contributed by atoms with Gasteiger partial charge < -0.3 is 19.6 Å². The Bertz CT molecular complexity index is 811. The molecule has 1 N–H and O–H groups in total. The normalized spacial score (nSPS) is 10.2. The number of rotatable bonds is 8. The standard InChI is InChI=1S/C19H19N3O4/c1-3-25-17-9-6-15(10-18(17)24-2)12-21-26-13-19(23)22-16-7-4-14(11-20)5-8-16/h4-10,12H,3,13H2,1-2H3,(H,22,23)/b21-12+. The van der Waals surface area contributed by atoms with Crippen LogP contribution in [0.25, 0.3) is 0 Å². The number of oxime groups is 1. The zero-order valence-corrected chi connectivity index (χ0v) is 14.6. The zero-order chi connectivity index (χ0) is 18.8.